The number of fused-ring (bicyclic) bond motifs is 4. The van der Waals surface area contributed by atoms with E-state index in [4.69, 9.17) is 19.7 Å². The summed E-state index contributed by atoms with van der Waals surface area (Å²) in [5.74, 6) is 1.56. The molecule has 33 heavy (non-hydrogen) atoms. The van der Waals surface area contributed by atoms with Crippen LogP contribution in [0.2, 0.25) is 0 Å². The Hall–Kier alpha value is -3.74. The molecule has 3 aromatic heterocycles. The Balaban J connectivity index is 1.65. The Morgan fingerprint density at radius 1 is 0.939 bits per heavy atom. The normalized spacial score (nSPS) is 14.6. The van der Waals surface area contributed by atoms with Crippen LogP contribution in [-0.4, -0.2) is 31.2 Å². The minimum atomic E-state index is -0.00698. The summed E-state index contributed by atoms with van der Waals surface area (Å²) in [5, 5.41) is 0.564. The van der Waals surface area contributed by atoms with Crippen molar-refractivity contribution in [2.24, 2.45) is 0 Å². The van der Waals surface area contributed by atoms with E-state index in [1.807, 2.05) is 64.6 Å². The number of aryl methyl sites for hydroxylation is 1. The fraction of sp³-hybridized carbons (Fsp3) is 0.308. The predicted octanol–water partition coefficient (Wildman–Crippen LogP) is 4.77. The van der Waals surface area contributed by atoms with Crippen molar-refractivity contribution in [2.75, 3.05) is 7.11 Å². The van der Waals surface area contributed by atoms with Gasteiger partial charge >= 0.3 is 0 Å². The van der Waals surface area contributed by atoms with Crippen molar-refractivity contribution in [3.8, 4) is 5.75 Å². The van der Waals surface area contributed by atoms with Gasteiger partial charge in [-0.25, -0.2) is 15.0 Å². The van der Waals surface area contributed by atoms with Gasteiger partial charge in [0.05, 0.1) is 24.7 Å². The lowest BCUT2D eigenvalue weighted by molar-refractivity contribution is 0.414. The summed E-state index contributed by atoms with van der Waals surface area (Å²) in [5.41, 5.74) is 4.61. The quantitative estimate of drug-likeness (QED) is 0.403. The number of benzene rings is 2. The van der Waals surface area contributed by atoms with Gasteiger partial charge in [0.1, 0.15) is 22.5 Å². The number of para-hydroxylation sites is 2. The average molecular weight is 440 g/mol. The number of hydrogen-bond acceptors (Lipinski definition) is 5. The lowest BCUT2D eigenvalue weighted by Gasteiger charge is -2.16. The topological polar surface area (TPSA) is 74.8 Å². The molecule has 7 nitrogen and oxygen atoms in total. The first kappa shape index (κ1) is 19.9. The summed E-state index contributed by atoms with van der Waals surface area (Å²) in [6, 6.07) is 15.9. The Labute approximate surface area is 190 Å². The number of ether oxygens (including phenoxy) is 1. The smallest absolute Gasteiger partial charge is 0.265 e. The van der Waals surface area contributed by atoms with Crippen LogP contribution in [0, 0.1) is 6.92 Å². The van der Waals surface area contributed by atoms with Crippen molar-refractivity contribution in [3.63, 3.8) is 0 Å². The van der Waals surface area contributed by atoms with E-state index in [0.29, 0.717) is 28.7 Å². The molecule has 0 amide bonds. The Kier molecular flexibility index (Phi) is 4.64. The maximum atomic E-state index is 13.9. The van der Waals surface area contributed by atoms with E-state index in [0.717, 1.165) is 53.9 Å². The lowest BCUT2D eigenvalue weighted by Crippen LogP contribution is -2.27. The second kappa shape index (κ2) is 7.69. The summed E-state index contributed by atoms with van der Waals surface area (Å²) < 4.78 is 9.22. The van der Waals surface area contributed by atoms with Gasteiger partial charge in [0.2, 0.25) is 0 Å². The van der Waals surface area contributed by atoms with Gasteiger partial charge in [-0.15, -0.1) is 0 Å². The van der Waals surface area contributed by atoms with Crippen LogP contribution in [0.15, 0.2) is 53.3 Å². The molecule has 1 saturated carbocycles. The zero-order valence-electron chi connectivity index (χ0n) is 18.8. The van der Waals surface area contributed by atoms with E-state index >= 15 is 0 Å². The first-order chi connectivity index (χ1) is 16.1. The molecule has 6 rings (SSSR count). The van der Waals surface area contributed by atoms with Gasteiger partial charge in [-0.05, 0) is 49.6 Å². The monoisotopic (exact) mass is 439 g/mol. The molecule has 0 saturated heterocycles. The van der Waals surface area contributed by atoms with Crippen molar-refractivity contribution in [3.05, 3.63) is 70.3 Å². The first-order valence-corrected chi connectivity index (χ1v) is 11.4. The second-order valence-corrected chi connectivity index (χ2v) is 8.79. The standard InChI is InChI=1S/C26H25N5O2/c1-16-27-24-22(26(32)31(16)18-7-3-4-8-18)23-25(29-21-10-6-5-9-20(21)28-23)30(24)15-17-11-13-19(33-2)14-12-17/h5-6,9-14,18H,3-4,7-8,15H2,1-2H3. The minimum absolute atomic E-state index is 0.00698. The SMILES string of the molecule is COc1ccc(Cn2c3nc4ccccc4nc3c3c(=O)n(C4CCCC4)c(C)nc32)cc1. The highest BCUT2D eigenvalue weighted by Crippen LogP contribution is 2.31. The molecule has 5 aromatic rings. The summed E-state index contributed by atoms with van der Waals surface area (Å²) >= 11 is 0. The molecule has 0 atom stereocenters. The number of methoxy groups -OCH3 is 1. The van der Waals surface area contributed by atoms with Crippen molar-refractivity contribution >= 4 is 33.2 Å². The zero-order valence-corrected chi connectivity index (χ0v) is 18.8. The molecule has 0 spiro atoms. The largest absolute Gasteiger partial charge is 0.497 e. The van der Waals surface area contributed by atoms with E-state index in [-0.39, 0.29) is 11.6 Å². The number of hydrogen-bond donors (Lipinski definition) is 0. The van der Waals surface area contributed by atoms with Crippen LogP contribution in [0.1, 0.15) is 43.1 Å². The minimum Gasteiger partial charge on any atom is -0.497 e. The van der Waals surface area contributed by atoms with Crippen LogP contribution >= 0.6 is 0 Å². The van der Waals surface area contributed by atoms with E-state index in [1.165, 1.54) is 0 Å². The molecular formula is C26H25N5O2. The molecule has 166 valence electrons. The maximum Gasteiger partial charge on any atom is 0.265 e. The van der Waals surface area contributed by atoms with E-state index < -0.39 is 0 Å². The molecule has 1 aliphatic carbocycles. The van der Waals surface area contributed by atoms with Crippen LogP contribution in [0.4, 0.5) is 0 Å². The molecule has 0 radical (unpaired) electrons. The molecule has 0 bridgehead atoms. The Morgan fingerprint density at radius 2 is 1.64 bits per heavy atom. The molecule has 0 N–H and O–H groups in total. The van der Waals surface area contributed by atoms with Crippen LogP contribution in [0.5, 0.6) is 5.75 Å². The second-order valence-electron chi connectivity index (χ2n) is 8.79. The zero-order chi connectivity index (χ0) is 22.5. The summed E-state index contributed by atoms with van der Waals surface area (Å²) in [6.07, 6.45) is 4.34. The lowest BCUT2D eigenvalue weighted by atomic mass is 10.2. The average Bonchev–Trinajstić information content (AvgIpc) is 3.45. The summed E-state index contributed by atoms with van der Waals surface area (Å²) in [6.45, 7) is 2.47. The van der Waals surface area contributed by atoms with E-state index in [1.54, 1.807) is 7.11 Å². The molecule has 2 aromatic carbocycles. The van der Waals surface area contributed by atoms with Gasteiger partial charge in [-0.3, -0.25) is 9.36 Å². The Bertz CT molecular complexity index is 1560. The fourth-order valence-corrected chi connectivity index (χ4v) is 5.13. The van der Waals surface area contributed by atoms with E-state index in [2.05, 4.69) is 0 Å². The maximum absolute atomic E-state index is 13.9. The van der Waals surface area contributed by atoms with Crippen molar-refractivity contribution in [1.29, 1.82) is 0 Å². The highest BCUT2D eigenvalue weighted by molar-refractivity contribution is 6.04. The van der Waals surface area contributed by atoms with Crippen molar-refractivity contribution < 1.29 is 4.74 Å². The van der Waals surface area contributed by atoms with Crippen molar-refractivity contribution in [1.82, 2.24) is 24.1 Å². The molecular weight excluding hydrogens is 414 g/mol. The van der Waals surface area contributed by atoms with Gasteiger partial charge in [-0.1, -0.05) is 37.1 Å². The van der Waals surface area contributed by atoms with Crippen LogP contribution in [0.3, 0.4) is 0 Å². The highest BCUT2D eigenvalue weighted by atomic mass is 16.5. The van der Waals surface area contributed by atoms with E-state index in [9.17, 15) is 4.79 Å². The first-order valence-electron chi connectivity index (χ1n) is 11.4. The molecule has 0 unspecified atom stereocenters. The molecule has 3 heterocycles. The third-order valence-corrected chi connectivity index (χ3v) is 6.76. The van der Waals surface area contributed by atoms with Gasteiger partial charge < -0.3 is 9.30 Å². The predicted molar refractivity (Wildman–Crippen MR) is 129 cm³/mol. The summed E-state index contributed by atoms with van der Waals surface area (Å²) in [7, 11) is 1.66. The fourth-order valence-electron chi connectivity index (χ4n) is 5.13. The van der Waals surface area contributed by atoms with Gasteiger partial charge in [0, 0.05) is 6.04 Å². The third-order valence-electron chi connectivity index (χ3n) is 6.76. The molecule has 7 heteroatoms. The summed E-state index contributed by atoms with van der Waals surface area (Å²) in [4.78, 5) is 28.6. The van der Waals surface area contributed by atoms with Crippen LogP contribution in [-0.2, 0) is 6.54 Å². The third kappa shape index (κ3) is 3.18. The Morgan fingerprint density at radius 3 is 2.33 bits per heavy atom. The van der Waals surface area contributed by atoms with Gasteiger partial charge in [-0.2, -0.15) is 0 Å². The van der Waals surface area contributed by atoms with Gasteiger partial charge in [0.25, 0.3) is 5.56 Å². The number of rotatable bonds is 4. The molecule has 1 fully saturated rings. The highest BCUT2D eigenvalue weighted by Gasteiger charge is 2.25. The van der Waals surface area contributed by atoms with Crippen LogP contribution < -0.4 is 10.3 Å². The number of nitrogens with zero attached hydrogens (tertiary/aromatic N) is 5. The van der Waals surface area contributed by atoms with Crippen molar-refractivity contribution in [2.45, 2.75) is 45.2 Å². The van der Waals surface area contributed by atoms with Crippen LogP contribution in [0.25, 0.3) is 33.2 Å². The van der Waals surface area contributed by atoms with Gasteiger partial charge in [0.15, 0.2) is 11.3 Å². The molecule has 0 aliphatic heterocycles. The number of aromatic nitrogens is 5. The molecule has 1 aliphatic rings.